The fraction of sp³-hybridized carbons (Fsp3) is 0.250. The Morgan fingerprint density at radius 2 is 0.667 bits per heavy atom. The van der Waals surface area contributed by atoms with Gasteiger partial charge in [0, 0.05) is 11.8 Å². The number of halogens is 2. The molecule has 0 aliphatic carbocycles. The molecule has 0 nitrogen and oxygen atoms in total. The first-order chi connectivity index (χ1) is 17.7. The van der Waals surface area contributed by atoms with Crippen LogP contribution in [0, 0.1) is 0 Å². The summed E-state index contributed by atoms with van der Waals surface area (Å²) in [4.78, 5) is 0. The zero-order chi connectivity index (χ0) is 25.0. The van der Waals surface area contributed by atoms with Crippen LogP contribution in [-0.4, -0.2) is 24.6 Å². The maximum absolute atomic E-state index is 4.10. The van der Waals surface area contributed by atoms with Gasteiger partial charge in [0.15, 0.2) is 0 Å². The zero-order valence-corrected chi connectivity index (χ0v) is 25.6. The molecular weight excluding hydrogens is 606 g/mol. The van der Waals surface area contributed by atoms with Gasteiger partial charge in [-0.1, -0.05) is 152 Å². The first-order valence-electron chi connectivity index (χ1n) is 12.7. The first kappa shape index (κ1) is 27.7. The number of hydrogen-bond acceptors (Lipinski definition) is 0. The Morgan fingerprint density at radius 3 is 0.917 bits per heavy atom. The van der Waals surface area contributed by atoms with Crippen LogP contribution in [0.25, 0.3) is 0 Å². The van der Waals surface area contributed by atoms with E-state index in [0.717, 1.165) is 0 Å². The summed E-state index contributed by atoms with van der Waals surface area (Å²) in [5.41, 5.74) is 5.69. The minimum atomic E-state index is -0.183. The Labute approximate surface area is 235 Å². The fourth-order valence-corrected chi connectivity index (χ4v) is 11.1. The molecule has 186 valence electrons. The molecule has 0 spiro atoms. The lowest BCUT2D eigenvalue weighted by Gasteiger charge is -2.22. The molecule has 4 aromatic rings. The van der Waals surface area contributed by atoms with Crippen LogP contribution in [0.1, 0.15) is 46.9 Å². The van der Waals surface area contributed by atoms with Crippen molar-refractivity contribution in [3.63, 3.8) is 0 Å². The summed E-state index contributed by atoms with van der Waals surface area (Å²) in [6, 6.07) is 44.0. The van der Waals surface area contributed by atoms with Crippen molar-refractivity contribution in [2.24, 2.45) is 0 Å². The smallest absolute Gasteiger partial charge is 0.0136 e. The van der Waals surface area contributed by atoms with E-state index in [0.29, 0.717) is 11.8 Å². The summed E-state index contributed by atoms with van der Waals surface area (Å²) in [7, 11) is 0. The van der Waals surface area contributed by atoms with E-state index < -0.39 is 0 Å². The molecule has 4 aromatic carbocycles. The van der Waals surface area contributed by atoms with Crippen LogP contribution < -0.4 is 0 Å². The second-order valence-corrected chi connectivity index (χ2v) is 18.7. The van der Waals surface area contributed by atoms with Gasteiger partial charge in [-0.25, -0.2) is 0 Å². The molecular formula is C32H34Br2P2. The lowest BCUT2D eigenvalue weighted by Crippen LogP contribution is -2.06. The third-order valence-electron chi connectivity index (χ3n) is 6.62. The molecule has 2 unspecified atom stereocenters. The second kappa shape index (κ2) is 15.2. The second-order valence-electron chi connectivity index (χ2n) is 9.19. The van der Waals surface area contributed by atoms with E-state index >= 15 is 0 Å². The summed E-state index contributed by atoms with van der Waals surface area (Å²) >= 11 is 8.20. The van der Waals surface area contributed by atoms with Crippen molar-refractivity contribution in [3.8, 4) is 0 Å². The number of rotatable bonds is 13. The third kappa shape index (κ3) is 8.63. The van der Waals surface area contributed by atoms with Gasteiger partial charge in [-0.2, -0.15) is 0 Å². The van der Waals surface area contributed by atoms with Crippen LogP contribution in [0.15, 0.2) is 121 Å². The lowest BCUT2D eigenvalue weighted by molar-refractivity contribution is 0.880. The molecule has 0 aromatic heterocycles. The van der Waals surface area contributed by atoms with Gasteiger partial charge in [0.1, 0.15) is 0 Å². The van der Waals surface area contributed by atoms with E-state index in [1.54, 1.807) is 0 Å². The molecule has 0 aliphatic heterocycles. The van der Waals surface area contributed by atoms with Crippen molar-refractivity contribution in [1.82, 2.24) is 0 Å². The largest absolute Gasteiger partial charge is 0.0622 e. The molecule has 0 heterocycles. The molecule has 36 heavy (non-hydrogen) atoms. The van der Waals surface area contributed by atoms with Gasteiger partial charge in [-0.05, 0) is 73.0 Å². The van der Waals surface area contributed by atoms with Gasteiger partial charge in [0.25, 0.3) is 0 Å². The molecule has 0 aliphatic rings. The molecule has 4 heteroatoms. The predicted molar refractivity (Wildman–Crippen MR) is 170 cm³/mol. The van der Waals surface area contributed by atoms with Crippen molar-refractivity contribution in [1.29, 1.82) is 0 Å². The zero-order valence-electron chi connectivity index (χ0n) is 20.6. The van der Waals surface area contributed by atoms with E-state index in [1.807, 2.05) is 0 Å². The first-order valence-corrected chi connectivity index (χ1v) is 20.2. The van der Waals surface area contributed by atoms with Crippen LogP contribution in [0.3, 0.4) is 0 Å². The Bertz CT molecular complexity index is 952. The van der Waals surface area contributed by atoms with Crippen LogP contribution in [0.4, 0.5) is 0 Å². The average Bonchev–Trinajstić information content (AvgIpc) is 2.94. The Morgan fingerprint density at radius 1 is 0.417 bits per heavy atom. The van der Waals surface area contributed by atoms with Crippen LogP contribution in [0.5, 0.6) is 0 Å². The fourth-order valence-electron chi connectivity index (χ4n) is 4.69. The SMILES string of the molecule is BrP(CCCCP(Br)CC(c1ccccc1)c1ccccc1)CC(c1ccccc1)c1ccccc1. The van der Waals surface area contributed by atoms with E-state index in [2.05, 4.69) is 152 Å². The van der Waals surface area contributed by atoms with Gasteiger partial charge in [-0.3, -0.25) is 0 Å². The van der Waals surface area contributed by atoms with Gasteiger partial charge in [-0.15, -0.1) is 0 Å². The van der Waals surface area contributed by atoms with E-state index in [4.69, 9.17) is 0 Å². The molecule has 0 fully saturated rings. The molecule has 0 saturated heterocycles. The van der Waals surface area contributed by atoms with Crippen molar-refractivity contribution < 1.29 is 0 Å². The third-order valence-corrected chi connectivity index (χ3v) is 13.6. The summed E-state index contributed by atoms with van der Waals surface area (Å²) in [6.07, 6.45) is 7.52. The highest BCUT2D eigenvalue weighted by atomic mass is 79.9. The summed E-state index contributed by atoms with van der Waals surface area (Å²) in [5.74, 6) is 0.923. The molecule has 0 saturated carbocycles. The number of hydrogen-bond donors (Lipinski definition) is 0. The maximum atomic E-state index is 4.10. The van der Waals surface area contributed by atoms with Crippen molar-refractivity contribution in [2.75, 3.05) is 24.6 Å². The molecule has 0 bridgehead atoms. The normalized spacial score (nSPS) is 13.1. The number of benzene rings is 4. The summed E-state index contributed by atoms with van der Waals surface area (Å²) < 4.78 is 0. The molecule has 4 rings (SSSR count). The van der Waals surface area contributed by atoms with E-state index in [9.17, 15) is 0 Å². The Balaban J connectivity index is 1.28. The summed E-state index contributed by atoms with van der Waals surface area (Å²) in [6.45, 7) is -0.365. The minimum Gasteiger partial charge on any atom is -0.0622 e. The van der Waals surface area contributed by atoms with E-state index in [1.165, 1.54) is 59.7 Å². The van der Waals surface area contributed by atoms with Crippen molar-refractivity contribution in [2.45, 2.75) is 24.7 Å². The Kier molecular flexibility index (Phi) is 11.7. The van der Waals surface area contributed by atoms with Gasteiger partial charge in [0.2, 0.25) is 0 Å². The molecule has 2 atom stereocenters. The highest BCUT2D eigenvalue weighted by Gasteiger charge is 2.20. The topological polar surface area (TPSA) is 0 Å². The van der Waals surface area contributed by atoms with Crippen LogP contribution in [0.2, 0.25) is 0 Å². The number of unbranched alkanes of at least 4 members (excludes halogenated alkanes) is 1. The summed E-state index contributed by atoms with van der Waals surface area (Å²) in [5, 5.41) is 0. The highest BCUT2D eigenvalue weighted by molar-refractivity contribution is 9.39. The van der Waals surface area contributed by atoms with Crippen molar-refractivity contribution in [3.05, 3.63) is 144 Å². The van der Waals surface area contributed by atoms with Gasteiger partial charge >= 0.3 is 0 Å². The van der Waals surface area contributed by atoms with Gasteiger partial charge in [0.05, 0.1) is 0 Å². The monoisotopic (exact) mass is 638 g/mol. The van der Waals surface area contributed by atoms with Crippen molar-refractivity contribution >= 4 is 44.2 Å². The molecule has 0 radical (unpaired) electrons. The maximum Gasteiger partial charge on any atom is 0.0136 e. The van der Waals surface area contributed by atoms with E-state index in [-0.39, 0.29) is 13.2 Å². The lowest BCUT2D eigenvalue weighted by atomic mass is 9.93. The quantitative estimate of drug-likeness (QED) is 0.101. The van der Waals surface area contributed by atoms with Crippen LogP contribution in [-0.2, 0) is 0 Å². The highest BCUT2D eigenvalue weighted by Crippen LogP contribution is 2.52. The average molecular weight is 640 g/mol. The molecule has 0 amide bonds. The Hall–Kier alpha value is -1.30. The molecule has 0 N–H and O–H groups in total. The minimum absolute atomic E-state index is 0.183. The predicted octanol–water partition coefficient (Wildman–Crippen LogP) is 11.0. The van der Waals surface area contributed by atoms with Crippen LogP contribution >= 0.6 is 44.2 Å². The standard InChI is InChI=1S/C32H34Br2P2/c33-35(25-31(27-15-5-1-6-16-27)28-17-7-2-8-18-28)23-13-14-24-36(34)26-32(29-19-9-3-10-20-29)30-21-11-4-12-22-30/h1-12,15-22,31-32H,13-14,23-26H2. The van der Waals surface area contributed by atoms with Gasteiger partial charge < -0.3 is 0 Å².